The predicted molar refractivity (Wildman–Crippen MR) is 59.2 cm³/mol. The van der Waals surface area contributed by atoms with Crippen LogP contribution in [0.25, 0.3) is 0 Å². The number of rotatable bonds is 3. The number of ether oxygens (including phenoxy) is 1. The lowest BCUT2D eigenvalue weighted by molar-refractivity contribution is -0.137. The van der Waals surface area contributed by atoms with Gasteiger partial charge in [0.15, 0.2) is 0 Å². The average molecular weight is 264 g/mol. The van der Waals surface area contributed by atoms with Gasteiger partial charge in [-0.3, -0.25) is 0 Å². The van der Waals surface area contributed by atoms with E-state index in [1.807, 2.05) is 6.92 Å². The SMILES string of the molecule is CCSc1cc(C(=O)OC)cc(C(F)(F)F)c1. The van der Waals surface area contributed by atoms with E-state index in [1.54, 1.807) is 0 Å². The van der Waals surface area contributed by atoms with E-state index in [0.717, 1.165) is 19.2 Å². The smallest absolute Gasteiger partial charge is 0.416 e. The first-order valence-electron chi connectivity index (χ1n) is 4.82. The molecule has 6 heteroatoms. The van der Waals surface area contributed by atoms with Crippen LogP contribution in [0.15, 0.2) is 23.1 Å². The van der Waals surface area contributed by atoms with Crippen LogP contribution < -0.4 is 0 Å². The van der Waals surface area contributed by atoms with Crippen molar-refractivity contribution in [2.24, 2.45) is 0 Å². The van der Waals surface area contributed by atoms with Crippen LogP contribution in [-0.2, 0) is 10.9 Å². The lowest BCUT2D eigenvalue weighted by Gasteiger charge is -2.10. The molecule has 0 bridgehead atoms. The van der Waals surface area contributed by atoms with Gasteiger partial charge in [-0.1, -0.05) is 6.92 Å². The lowest BCUT2D eigenvalue weighted by Crippen LogP contribution is -2.09. The van der Waals surface area contributed by atoms with Gasteiger partial charge >= 0.3 is 12.1 Å². The fourth-order valence-electron chi connectivity index (χ4n) is 1.25. The number of carbonyl (C=O) groups excluding carboxylic acids is 1. The quantitative estimate of drug-likeness (QED) is 0.616. The molecular formula is C11H11F3O2S. The van der Waals surface area contributed by atoms with E-state index in [9.17, 15) is 18.0 Å². The highest BCUT2D eigenvalue weighted by Gasteiger charge is 2.31. The summed E-state index contributed by atoms with van der Waals surface area (Å²) in [6.07, 6.45) is -4.47. The molecule has 0 aliphatic heterocycles. The minimum absolute atomic E-state index is 0.0849. The molecule has 0 atom stereocenters. The zero-order chi connectivity index (χ0) is 13.1. The van der Waals surface area contributed by atoms with Crippen molar-refractivity contribution in [1.29, 1.82) is 0 Å². The summed E-state index contributed by atoms with van der Waals surface area (Å²) in [5, 5.41) is 0. The molecule has 0 aromatic heterocycles. The molecule has 2 nitrogen and oxygen atoms in total. The van der Waals surface area contributed by atoms with Gasteiger partial charge in [0.05, 0.1) is 18.2 Å². The van der Waals surface area contributed by atoms with Crippen molar-refractivity contribution in [1.82, 2.24) is 0 Å². The third-order valence-corrected chi connectivity index (χ3v) is 2.82. The second-order valence-corrected chi connectivity index (χ2v) is 4.51. The van der Waals surface area contributed by atoms with E-state index in [0.29, 0.717) is 10.6 Å². The second-order valence-electron chi connectivity index (χ2n) is 3.17. The highest BCUT2D eigenvalue weighted by molar-refractivity contribution is 7.99. The van der Waals surface area contributed by atoms with Crippen LogP contribution in [0.5, 0.6) is 0 Å². The van der Waals surface area contributed by atoms with Gasteiger partial charge in [-0.2, -0.15) is 13.2 Å². The van der Waals surface area contributed by atoms with E-state index in [2.05, 4.69) is 4.74 Å². The van der Waals surface area contributed by atoms with E-state index in [1.165, 1.54) is 17.8 Å². The summed E-state index contributed by atoms with van der Waals surface area (Å²) in [5.41, 5.74) is -0.922. The van der Waals surface area contributed by atoms with Gasteiger partial charge in [0.25, 0.3) is 0 Å². The minimum Gasteiger partial charge on any atom is -0.465 e. The number of hydrogen-bond acceptors (Lipinski definition) is 3. The molecule has 0 spiro atoms. The molecule has 0 saturated heterocycles. The first-order valence-corrected chi connectivity index (χ1v) is 5.80. The first-order chi connectivity index (χ1) is 7.88. The van der Waals surface area contributed by atoms with Crippen LogP contribution in [0.2, 0.25) is 0 Å². The molecule has 1 aromatic rings. The maximum absolute atomic E-state index is 12.6. The largest absolute Gasteiger partial charge is 0.465 e. The van der Waals surface area contributed by atoms with Crippen LogP contribution in [0.4, 0.5) is 13.2 Å². The summed E-state index contributed by atoms with van der Waals surface area (Å²) >= 11 is 1.24. The minimum atomic E-state index is -4.47. The Bertz CT molecular complexity index is 416. The number of halogens is 3. The molecule has 0 unspecified atom stereocenters. The average Bonchev–Trinajstić information content (AvgIpc) is 2.27. The van der Waals surface area contributed by atoms with Crippen molar-refractivity contribution in [2.75, 3.05) is 12.9 Å². The zero-order valence-corrected chi connectivity index (χ0v) is 10.1. The molecule has 0 N–H and O–H groups in total. The predicted octanol–water partition coefficient (Wildman–Crippen LogP) is 3.60. The van der Waals surface area contributed by atoms with Crippen LogP contribution in [-0.4, -0.2) is 18.8 Å². The Morgan fingerprint density at radius 2 is 2.00 bits per heavy atom. The molecule has 0 heterocycles. The fraction of sp³-hybridized carbons (Fsp3) is 0.364. The number of benzene rings is 1. The molecule has 0 amide bonds. The molecule has 0 saturated carbocycles. The van der Waals surface area contributed by atoms with Crippen molar-refractivity contribution >= 4 is 17.7 Å². The summed E-state index contributed by atoms with van der Waals surface area (Å²) in [6, 6.07) is 3.22. The zero-order valence-electron chi connectivity index (χ0n) is 9.30. The van der Waals surface area contributed by atoms with Gasteiger partial charge in [0.1, 0.15) is 0 Å². The number of alkyl halides is 3. The normalized spacial score (nSPS) is 11.4. The van der Waals surface area contributed by atoms with Crippen molar-refractivity contribution in [2.45, 2.75) is 18.0 Å². The molecule has 1 aromatic carbocycles. The van der Waals surface area contributed by atoms with E-state index < -0.39 is 17.7 Å². The number of hydrogen-bond donors (Lipinski definition) is 0. The van der Waals surface area contributed by atoms with Crippen molar-refractivity contribution in [3.8, 4) is 0 Å². The summed E-state index contributed by atoms with van der Waals surface area (Å²) < 4.78 is 42.2. The van der Waals surface area contributed by atoms with E-state index in [4.69, 9.17) is 0 Å². The standard InChI is InChI=1S/C11H11F3O2S/c1-3-17-9-5-7(10(15)16-2)4-8(6-9)11(12,13)14/h4-6H,3H2,1-2H3. The van der Waals surface area contributed by atoms with Crippen LogP contribution in [0.1, 0.15) is 22.8 Å². The Labute approximate surface area is 101 Å². The molecule has 0 fully saturated rings. The van der Waals surface area contributed by atoms with Gasteiger partial charge in [-0.25, -0.2) is 4.79 Å². The topological polar surface area (TPSA) is 26.3 Å². The highest BCUT2D eigenvalue weighted by atomic mass is 32.2. The van der Waals surface area contributed by atoms with Gasteiger partial charge in [0, 0.05) is 4.90 Å². The van der Waals surface area contributed by atoms with E-state index >= 15 is 0 Å². The van der Waals surface area contributed by atoms with Gasteiger partial charge in [0.2, 0.25) is 0 Å². The highest BCUT2D eigenvalue weighted by Crippen LogP contribution is 2.33. The van der Waals surface area contributed by atoms with Gasteiger partial charge in [-0.15, -0.1) is 11.8 Å². The summed E-state index contributed by atoms with van der Waals surface area (Å²) in [6.45, 7) is 1.82. The third-order valence-electron chi connectivity index (χ3n) is 1.97. The molecule has 0 radical (unpaired) electrons. The summed E-state index contributed by atoms with van der Waals surface area (Å²) in [7, 11) is 1.13. The third kappa shape index (κ3) is 3.66. The molecule has 1 rings (SSSR count). The summed E-state index contributed by atoms with van der Waals surface area (Å²) in [4.78, 5) is 11.7. The van der Waals surface area contributed by atoms with Crippen LogP contribution in [0.3, 0.4) is 0 Å². The van der Waals surface area contributed by atoms with Crippen molar-refractivity contribution in [3.05, 3.63) is 29.3 Å². The Hall–Kier alpha value is -1.17. The van der Waals surface area contributed by atoms with E-state index in [-0.39, 0.29) is 5.56 Å². The van der Waals surface area contributed by atoms with Gasteiger partial charge in [-0.05, 0) is 24.0 Å². The fourth-order valence-corrected chi connectivity index (χ4v) is 2.00. The number of methoxy groups -OCH3 is 1. The van der Waals surface area contributed by atoms with Crippen LogP contribution >= 0.6 is 11.8 Å². The Balaban J connectivity index is 3.23. The number of thioether (sulfide) groups is 1. The van der Waals surface area contributed by atoms with Crippen molar-refractivity contribution < 1.29 is 22.7 Å². The first kappa shape index (κ1) is 13.9. The monoisotopic (exact) mass is 264 g/mol. The molecular weight excluding hydrogens is 253 g/mol. The maximum atomic E-state index is 12.6. The molecule has 94 valence electrons. The Kier molecular flexibility index (Phi) is 4.45. The molecule has 0 aliphatic carbocycles. The summed E-state index contributed by atoms with van der Waals surface area (Å²) in [5.74, 6) is -0.142. The molecule has 17 heavy (non-hydrogen) atoms. The molecule has 0 aliphatic rings. The maximum Gasteiger partial charge on any atom is 0.416 e. The van der Waals surface area contributed by atoms with Gasteiger partial charge < -0.3 is 4.74 Å². The van der Waals surface area contributed by atoms with Crippen molar-refractivity contribution in [3.63, 3.8) is 0 Å². The number of carbonyl (C=O) groups is 1. The Morgan fingerprint density at radius 3 is 2.47 bits per heavy atom. The Morgan fingerprint density at radius 1 is 1.35 bits per heavy atom. The number of esters is 1. The lowest BCUT2D eigenvalue weighted by atomic mass is 10.1. The second kappa shape index (κ2) is 5.44. The van der Waals surface area contributed by atoms with Crippen LogP contribution in [0, 0.1) is 0 Å².